The average molecular weight is 476 g/mol. The quantitative estimate of drug-likeness (QED) is 0.340. The molecule has 180 valence electrons. The Labute approximate surface area is 201 Å². The summed E-state index contributed by atoms with van der Waals surface area (Å²) in [6, 6.07) is 14.9. The third-order valence-electron chi connectivity index (χ3n) is 6.04. The molecule has 35 heavy (non-hydrogen) atoms. The van der Waals surface area contributed by atoms with Gasteiger partial charge in [0.15, 0.2) is 0 Å². The van der Waals surface area contributed by atoms with Crippen LogP contribution in [0, 0.1) is 10.1 Å². The van der Waals surface area contributed by atoms with Gasteiger partial charge in [-0.05, 0) is 35.0 Å². The number of hydrogen-bond acceptors (Lipinski definition) is 7. The third-order valence-corrected chi connectivity index (χ3v) is 6.04. The number of nitro benzene ring substituents is 1. The number of ether oxygens (including phenoxy) is 1. The van der Waals surface area contributed by atoms with Gasteiger partial charge < -0.3 is 19.9 Å². The number of benzene rings is 3. The van der Waals surface area contributed by atoms with E-state index in [2.05, 4.69) is 5.32 Å². The fourth-order valence-corrected chi connectivity index (χ4v) is 4.16. The number of nitrogens with zero attached hydrogens (tertiary/aromatic N) is 3. The lowest BCUT2D eigenvalue weighted by atomic mass is 10.0. The lowest BCUT2D eigenvalue weighted by Gasteiger charge is -2.35. The lowest BCUT2D eigenvalue weighted by Crippen LogP contribution is -2.48. The van der Waals surface area contributed by atoms with Crippen molar-refractivity contribution in [2.24, 2.45) is 0 Å². The Balaban J connectivity index is 1.62. The van der Waals surface area contributed by atoms with E-state index in [9.17, 15) is 24.5 Å². The molecule has 0 unspecified atom stereocenters. The van der Waals surface area contributed by atoms with Crippen molar-refractivity contribution >= 4 is 45.6 Å². The number of anilines is 2. The first-order valence-electron chi connectivity index (χ1n) is 11.0. The van der Waals surface area contributed by atoms with Crippen LogP contribution in [0.3, 0.4) is 0 Å². The lowest BCUT2D eigenvalue weighted by molar-refractivity contribution is -0.384. The van der Waals surface area contributed by atoms with E-state index in [1.54, 1.807) is 17.0 Å². The fourth-order valence-electron chi connectivity index (χ4n) is 4.16. The van der Waals surface area contributed by atoms with Crippen molar-refractivity contribution in [1.82, 2.24) is 4.90 Å². The molecule has 1 N–H and O–H groups in total. The molecular formula is C25H24N4O6. The summed E-state index contributed by atoms with van der Waals surface area (Å²) >= 11 is 0. The SMILES string of the molecule is COC(=O)c1cc2ccccc2cc1NC(=O)c1ccc(N2CCN(C(C)=O)CC2)c([N+](=O)[O-])c1. The van der Waals surface area contributed by atoms with Crippen LogP contribution in [0.1, 0.15) is 27.6 Å². The van der Waals surface area contributed by atoms with E-state index in [-0.39, 0.29) is 28.4 Å². The summed E-state index contributed by atoms with van der Waals surface area (Å²) in [7, 11) is 1.25. The first-order chi connectivity index (χ1) is 16.8. The molecule has 0 aromatic heterocycles. The number of piperazine rings is 1. The Morgan fingerprint density at radius 1 is 0.971 bits per heavy atom. The fraction of sp³-hybridized carbons (Fsp3) is 0.240. The zero-order chi connectivity index (χ0) is 25.1. The van der Waals surface area contributed by atoms with E-state index >= 15 is 0 Å². The summed E-state index contributed by atoms with van der Waals surface area (Å²) in [5.41, 5.74) is 0.671. The largest absolute Gasteiger partial charge is 0.465 e. The van der Waals surface area contributed by atoms with Gasteiger partial charge in [0, 0.05) is 44.7 Å². The molecule has 0 radical (unpaired) electrons. The molecule has 3 aromatic carbocycles. The molecule has 1 fully saturated rings. The molecule has 1 aliphatic heterocycles. The second-order valence-electron chi connectivity index (χ2n) is 8.14. The number of hydrogen-bond donors (Lipinski definition) is 1. The van der Waals surface area contributed by atoms with Gasteiger partial charge in [-0.25, -0.2) is 4.79 Å². The first kappa shape index (κ1) is 23.7. The molecule has 2 amide bonds. The summed E-state index contributed by atoms with van der Waals surface area (Å²) in [6.07, 6.45) is 0. The van der Waals surface area contributed by atoms with Gasteiger partial charge in [0.2, 0.25) is 5.91 Å². The number of carbonyl (C=O) groups is 3. The van der Waals surface area contributed by atoms with Gasteiger partial charge >= 0.3 is 5.97 Å². The standard InChI is InChI=1S/C25H24N4O6/c1-16(30)27-9-11-28(12-10-27)22-8-7-19(15-23(22)29(33)34)24(31)26-21-14-18-6-4-3-5-17(18)13-20(21)25(32)35-2/h3-8,13-15H,9-12H2,1-2H3,(H,26,31). The number of amides is 2. The van der Waals surface area contributed by atoms with Crippen LogP contribution < -0.4 is 10.2 Å². The molecule has 0 spiro atoms. The van der Waals surface area contributed by atoms with Gasteiger partial charge in [-0.3, -0.25) is 19.7 Å². The first-order valence-corrected chi connectivity index (χ1v) is 11.0. The summed E-state index contributed by atoms with van der Waals surface area (Å²) in [5, 5.41) is 16.1. The van der Waals surface area contributed by atoms with Crippen LogP contribution in [0.4, 0.5) is 17.1 Å². The maximum Gasteiger partial charge on any atom is 0.339 e. The molecular weight excluding hydrogens is 452 g/mol. The van der Waals surface area contributed by atoms with Crippen molar-refractivity contribution in [3.05, 3.63) is 75.8 Å². The van der Waals surface area contributed by atoms with Crippen LogP contribution >= 0.6 is 0 Å². The number of fused-ring (bicyclic) bond motifs is 1. The van der Waals surface area contributed by atoms with Crippen molar-refractivity contribution in [1.29, 1.82) is 0 Å². The molecule has 0 aliphatic carbocycles. The van der Waals surface area contributed by atoms with E-state index in [4.69, 9.17) is 4.74 Å². The summed E-state index contributed by atoms with van der Waals surface area (Å²) in [5.74, 6) is -1.25. The van der Waals surface area contributed by atoms with Gasteiger partial charge in [0.25, 0.3) is 11.6 Å². The van der Waals surface area contributed by atoms with Gasteiger partial charge in [-0.15, -0.1) is 0 Å². The molecule has 3 aromatic rings. The number of esters is 1. The highest BCUT2D eigenvalue weighted by molar-refractivity contribution is 6.10. The van der Waals surface area contributed by atoms with E-state index in [0.29, 0.717) is 31.9 Å². The maximum absolute atomic E-state index is 13.1. The van der Waals surface area contributed by atoms with E-state index in [1.165, 1.54) is 32.2 Å². The minimum atomic E-state index is -0.614. The molecule has 10 nitrogen and oxygen atoms in total. The molecule has 4 rings (SSSR count). The van der Waals surface area contributed by atoms with Crippen molar-refractivity contribution in [2.45, 2.75) is 6.92 Å². The molecule has 1 aliphatic rings. The van der Waals surface area contributed by atoms with E-state index in [0.717, 1.165) is 10.8 Å². The highest BCUT2D eigenvalue weighted by atomic mass is 16.6. The topological polar surface area (TPSA) is 122 Å². The summed E-state index contributed by atoms with van der Waals surface area (Å²) in [6.45, 7) is 3.32. The van der Waals surface area contributed by atoms with Gasteiger partial charge in [-0.2, -0.15) is 0 Å². The van der Waals surface area contributed by atoms with Crippen LogP contribution in [0.2, 0.25) is 0 Å². The van der Waals surface area contributed by atoms with Crippen molar-refractivity contribution < 1.29 is 24.0 Å². The predicted octanol–water partition coefficient (Wildman–Crippen LogP) is 3.46. The summed E-state index contributed by atoms with van der Waals surface area (Å²) in [4.78, 5) is 51.8. The van der Waals surface area contributed by atoms with Gasteiger partial charge in [-0.1, -0.05) is 24.3 Å². The second kappa shape index (κ2) is 9.80. The predicted molar refractivity (Wildman–Crippen MR) is 131 cm³/mol. The Hall–Kier alpha value is -4.47. The van der Waals surface area contributed by atoms with E-state index < -0.39 is 16.8 Å². The minimum absolute atomic E-state index is 0.0359. The monoisotopic (exact) mass is 476 g/mol. The third kappa shape index (κ3) is 4.91. The van der Waals surface area contributed by atoms with Crippen LogP contribution in [0.15, 0.2) is 54.6 Å². The Kier molecular flexibility index (Phi) is 6.63. The van der Waals surface area contributed by atoms with Gasteiger partial charge in [0.1, 0.15) is 5.69 Å². The zero-order valence-corrected chi connectivity index (χ0v) is 19.3. The molecule has 1 saturated heterocycles. The van der Waals surface area contributed by atoms with E-state index in [1.807, 2.05) is 29.2 Å². The number of methoxy groups -OCH3 is 1. The number of nitrogens with one attached hydrogen (secondary N) is 1. The van der Waals surface area contributed by atoms with Crippen LogP contribution in [-0.4, -0.2) is 60.9 Å². The Morgan fingerprint density at radius 3 is 2.23 bits per heavy atom. The molecule has 10 heteroatoms. The molecule has 0 saturated carbocycles. The van der Waals surface area contributed by atoms with Crippen LogP contribution in [0.5, 0.6) is 0 Å². The van der Waals surface area contributed by atoms with Gasteiger partial charge in [0.05, 0.1) is 23.3 Å². The number of carbonyl (C=O) groups excluding carboxylic acids is 3. The smallest absolute Gasteiger partial charge is 0.339 e. The van der Waals surface area contributed by atoms with Crippen molar-refractivity contribution in [3.8, 4) is 0 Å². The zero-order valence-electron chi connectivity index (χ0n) is 19.3. The Bertz CT molecular complexity index is 1330. The molecule has 0 atom stereocenters. The highest BCUT2D eigenvalue weighted by Crippen LogP contribution is 2.31. The number of nitro groups is 1. The van der Waals surface area contributed by atoms with Crippen LogP contribution in [-0.2, 0) is 9.53 Å². The number of rotatable bonds is 5. The molecule has 0 bridgehead atoms. The maximum atomic E-state index is 13.1. The van der Waals surface area contributed by atoms with Crippen molar-refractivity contribution in [3.63, 3.8) is 0 Å². The Morgan fingerprint density at radius 2 is 1.63 bits per heavy atom. The summed E-state index contributed by atoms with van der Waals surface area (Å²) < 4.78 is 4.86. The normalized spacial score (nSPS) is 13.4. The van der Waals surface area contributed by atoms with Crippen molar-refractivity contribution in [2.75, 3.05) is 43.5 Å². The highest BCUT2D eigenvalue weighted by Gasteiger charge is 2.26. The average Bonchev–Trinajstić information content (AvgIpc) is 2.87. The van der Waals surface area contributed by atoms with Crippen LogP contribution in [0.25, 0.3) is 10.8 Å². The second-order valence-corrected chi connectivity index (χ2v) is 8.14. The minimum Gasteiger partial charge on any atom is -0.465 e. The molecule has 1 heterocycles.